The molecular weight excluding hydrogens is 393 g/mol. The highest BCUT2D eigenvalue weighted by molar-refractivity contribution is 6.30. The number of rotatable bonds is 6. The van der Waals surface area contributed by atoms with Gasteiger partial charge in [0.2, 0.25) is 0 Å². The van der Waals surface area contributed by atoms with Crippen LogP contribution in [-0.2, 0) is 0 Å². The smallest absolute Gasteiger partial charge is 0.255 e. The lowest BCUT2D eigenvalue weighted by Gasteiger charge is -2.21. The Labute approximate surface area is 172 Å². The standard InChI is InChI=1S/C19H24ClN3O.2ClH/c1-13(2)18(21)8-9-23(3)19(24)16-10-15(11-22-12-16)14-4-6-17(20)7-5-14;;/h4-7,10-13,18H,8-9,21H2,1-3H3;2*1H. The average molecular weight is 419 g/mol. The summed E-state index contributed by atoms with van der Waals surface area (Å²) in [7, 11) is 1.80. The maximum absolute atomic E-state index is 12.6. The van der Waals surface area contributed by atoms with E-state index in [2.05, 4.69) is 18.8 Å². The van der Waals surface area contributed by atoms with Crippen LogP contribution < -0.4 is 5.73 Å². The van der Waals surface area contributed by atoms with Crippen molar-refractivity contribution >= 4 is 42.3 Å². The average Bonchev–Trinajstić information content (AvgIpc) is 2.59. The second kappa shape index (κ2) is 11.4. The monoisotopic (exact) mass is 417 g/mol. The van der Waals surface area contributed by atoms with Crippen LogP contribution in [0.3, 0.4) is 0 Å². The van der Waals surface area contributed by atoms with Crippen molar-refractivity contribution in [2.24, 2.45) is 11.7 Å². The summed E-state index contributed by atoms with van der Waals surface area (Å²) in [5.74, 6) is 0.359. The van der Waals surface area contributed by atoms with E-state index in [9.17, 15) is 4.79 Å². The Balaban J connectivity index is 0.00000312. The van der Waals surface area contributed by atoms with Crippen molar-refractivity contribution in [1.29, 1.82) is 0 Å². The number of hydrogen-bond donors (Lipinski definition) is 1. The van der Waals surface area contributed by atoms with Gasteiger partial charge in [0.15, 0.2) is 0 Å². The van der Waals surface area contributed by atoms with E-state index in [0.29, 0.717) is 23.0 Å². The molecule has 4 nitrogen and oxygen atoms in total. The molecule has 144 valence electrons. The highest BCUT2D eigenvalue weighted by Crippen LogP contribution is 2.22. The minimum atomic E-state index is -0.0470. The number of carbonyl (C=O) groups excluding carboxylic acids is 1. The molecule has 0 aliphatic rings. The summed E-state index contributed by atoms with van der Waals surface area (Å²) in [6.07, 6.45) is 4.12. The molecule has 0 radical (unpaired) electrons. The largest absolute Gasteiger partial charge is 0.342 e. The van der Waals surface area contributed by atoms with Crippen LogP contribution in [0.4, 0.5) is 0 Å². The van der Waals surface area contributed by atoms with Gasteiger partial charge in [-0.05, 0) is 36.1 Å². The third-order valence-corrected chi connectivity index (χ3v) is 4.42. The molecule has 1 amide bonds. The van der Waals surface area contributed by atoms with Crippen LogP contribution in [0.1, 0.15) is 30.6 Å². The molecule has 1 heterocycles. The number of benzene rings is 1. The van der Waals surface area contributed by atoms with E-state index >= 15 is 0 Å². The molecule has 0 fully saturated rings. The van der Waals surface area contributed by atoms with Crippen molar-refractivity contribution in [3.8, 4) is 11.1 Å². The Morgan fingerprint density at radius 1 is 1.15 bits per heavy atom. The van der Waals surface area contributed by atoms with Gasteiger partial charge in [-0.2, -0.15) is 0 Å². The molecule has 0 saturated carbocycles. The number of aromatic nitrogens is 1. The number of hydrogen-bond acceptors (Lipinski definition) is 3. The lowest BCUT2D eigenvalue weighted by molar-refractivity contribution is 0.0789. The molecule has 1 aromatic carbocycles. The first-order valence-electron chi connectivity index (χ1n) is 8.10. The first-order chi connectivity index (χ1) is 11.4. The van der Waals surface area contributed by atoms with Gasteiger partial charge in [0.05, 0.1) is 5.56 Å². The van der Waals surface area contributed by atoms with Gasteiger partial charge in [0, 0.05) is 42.6 Å². The van der Waals surface area contributed by atoms with Crippen LogP contribution in [0, 0.1) is 5.92 Å². The Morgan fingerprint density at radius 3 is 2.35 bits per heavy atom. The predicted octanol–water partition coefficient (Wildman–Crippen LogP) is 4.69. The van der Waals surface area contributed by atoms with Gasteiger partial charge in [-0.25, -0.2) is 0 Å². The lowest BCUT2D eigenvalue weighted by atomic mass is 10.0. The van der Waals surface area contributed by atoms with E-state index in [0.717, 1.165) is 17.5 Å². The fourth-order valence-electron chi connectivity index (χ4n) is 2.36. The van der Waals surface area contributed by atoms with E-state index in [4.69, 9.17) is 17.3 Å². The fourth-order valence-corrected chi connectivity index (χ4v) is 2.48. The van der Waals surface area contributed by atoms with Gasteiger partial charge in [-0.15, -0.1) is 24.8 Å². The number of nitrogens with two attached hydrogens (primary N) is 1. The zero-order valence-electron chi connectivity index (χ0n) is 15.2. The summed E-state index contributed by atoms with van der Waals surface area (Å²) in [6, 6.07) is 9.43. The maximum Gasteiger partial charge on any atom is 0.255 e. The van der Waals surface area contributed by atoms with Crippen molar-refractivity contribution < 1.29 is 4.79 Å². The molecule has 0 aliphatic carbocycles. The SMILES string of the molecule is CC(C)C(N)CCN(C)C(=O)c1cncc(-c2ccc(Cl)cc2)c1.Cl.Cl. The summed E-state index contributed by atoms with van der Waals surface area (Å²) < 4.78 is 0. The zero-order chi connectivity index (χ0) is 17.7. The van der Waals surface area contributed by atoms with Gasteiger partial charge in [0.1, 0.15) is 0 Å². The molecule has 7 heteroatoms. The molecular formula is C19H26Cl3N3O. The predicted molar refractivity (Wildman–Crippen MR) is 114 cm³/mol. The Kier molecular flexibility index (Phi) is 10.8. The molecule has 2 aromatic rings. The van der Waals surface area contributed by atoms with Gasteiger partial charge in [-0.3, -0.25) is 9.78 Å². The van der Waals surface area contributed by atoms with Crippen LogP contribution in [0.5, 0.6) is 0 Å². The summed E-state index contributed by atoms with van der Waals surface area (Å²) in [4.78, 5) is 18.5. The van der Waals surface area contributed by atoms with Crippen molar-refractivity contribution in [1.82, 2.24) is 9.88 Å². The quantitative estimate of drug-likeness (QED) is 0.740. The summed E-state index contributed by atoms with van der Waals surface area (Å²) >= 11 is 5.92. The van der Waals surface area contributed by atoms with E-state index in [-0.39, 0.29) is 36.8 Å². The second-order valence-corrected chi connectivity index (χ2v) is 6.83. The zero-order valence-corrected chi connectivity index (χ0v) is 17.6. The highest BCUT2D eigenvalue weighted by Gasteiger charge is 2.15. The van der Waals surface area contributed by atoms with Crippen LogP contribution in [0.2, 0.25) is 5.02 Å². The van der Waals surface area contributed by atoms with Gasteiger partial charge < -0.3 is 10.6 Å². The molecule has 0 spiro atoms. The minimum Gasteiger partial charge on any atom is -0.342 e. The molecule has 0 saturated heterocycles. The third-order valence-electron chi connectivity index (χ3n) is 4.16. The molecule has 0 aliphatic heterocycles. The molecule has 0 bridgehead atoms. The van der Waals surface area contributed by atoms with Crippen molar-refractivity contribution in [3.63, 3.8) is 0 Å². The van der Waals surface area contributed by atoms with Crippen LogP contribution >= 0.6 is 36.4 Å². The van der Waals surface area contributed by atoms with Crippen molar-refractivity contribution in [2.45, 2.75) is 26.3 Å². The Bertz CT molecular complexity index is 693. The normalized spacial score (nSPS) is 11.3. The number of halogens is 3. The van der Waals surface area contributed by atoms with E-state index in [1.54, 1.807) is 24.3 Å². The molecule has 1 unspecified atom stereocenters. The summed E-state index contributed by atoms with van der Waals surface area (Å²) in [5.41, 5.74) is 8.50. The molecule has 1 aromatic heterocycles. The maximum atomic E-state index is 12.6. The van der Waals surface area contributed by atoms with E-state index in [1.165, 1.54) is 0 Å². The summed E-state index contributed by atoms with van der Waals surface area (Å²) in [5, 5.41) is 0.681. The van der Waals surface area contributed by atoms with Gasteiger partial charge >= 0.3 is 0 Å². The van der Waals surface area contributed by atoms with Crippen LogP contribution in [0.25, 0.3) is 11.1 Å². The third kappa shape index (κ3) is 6.76. The van der Waals surface area contributed by atoms with Gasteiger partial charge in [-0.1, -0.05) is 37.6 Å². The topological polar surface area (TPSA) is 59.2 Å². The van der Waals surface area contributed by atoms with Crippen molar-refractivity contribution in [3.05, 3.63) is 53.3 Å². The Morgan fingerprint density at radius 2 is 1.77 bits per heavy atom. The molecule has 2 rings (SSSR count). The highest BCUT2D eigenvalue weighted by atomic mass is 35.5. The van der Waals surface area contributed by atoms with Crippen LogP contribution in [-0.4, -0.2) is 35.4 Å². The molecule has 2 N–H and O–H groups in total. The fraction of sp³-hybridized carbons (Fsp3) is 0.368. The summed E-state index contributed by atoms with van der Waals surface area (Å²) in [6.45, 7) is 4.81. The Hall–Kier alpha value is -1.33. The second-order valence-electron chi connectivity index (χ2n) is 6.39. The minimum absolute atomic E-state index is 0. The first-order valence-corrected chi connectivity index (χ1v) is 8.48. The lowest BCUT2D eigenvalue weighted by Crippen LogP contribution is -2.34. The number of pyridine rings is 1. The first kappa shape index (κ1) is 24.7. The molecule has 26 heavy (non-hydrogen) atoms. The van der Waals surface area contributed by atoms with Gasteiger partial charge in [0.25, 0.3) is 5.91 Å². The number of amides is 1. The van der Waals surface area contributed by atoms with Crippen LogP contribution in [0.15, 0.2) is 42.7 Å². The van der Waals surface area contributed by atoms with E-state index < -0.39 is 0 Å². The van der Waals surface area contributed by atoms with Crippen molar-refractivity contribution in [2.75, 3.05) is 13.6 Å². The molecule has 1 atom stereocenters. The number of nitrogens with zero attached hydrogens (tertiary/aromatic N) is 2. The number of carbonyl (C=O) groups is 1. The van der Waals surface area contributed by atoms with E-state index in [1.807, 2.05) is 30.3 Å².